The van der Waals surface area contributed by atoms with E-state index < -0.39 is 23.2 Å². The standard InChI is InChI=1S/C30H35F4N5O3/c1-29(2,3)42-28(41)39-10-8-20(9-11-39)21-16-23(31)25-24(17-21)35-26(36-25)27(40)38-14-12-37(13-15-38)18-19-4-6-22(7-5-19)30(32,33)34/h4-7,16-17,20H,8-15,18H2,1-3H3,(H,35,36). The lowest BCUT2D eigenvalue weighted by atomic mass is 9.89. The molecule has 42 heavy (non-hydrogen) atoms. The van der Waals surface area contributed by atoms with Gasteiger partial charge in [-0.15, -0.1) is 0 Å². The number of hydrogen-bond acceptors (Lipinski definition) is 5. The molecule has 0 bridgehead atoms. The average Bonchev–Trinajstić information content (AvgIpc) is 3.37. The number of amides is 2. The van der Waals surface area contributed by atoms with E-state index in [-0.39, 0.29) is 29.3 Å². The predicted molar refractivity (Wildman–Crippen MR) is 148 cm³/mol. The van der Waals surface area contributed by atoms with Crippen LogP contribution in [0.4, 0.5) is 22.4 Å². The maximum Gasteiger partial charge on any atom is 0.416 e. The number of carbonyl (C=O) groups is 2. The summed E-state index contributed by atoms with van der Waals surface area (Å²) in [5.41, 5.74) is 0.865. The third-order valence-electron chi connectivity index (χ3n) is 7.73. The number of alkyl halides is 3. The van der Waals surface area contributed by atoms with Crippen molar-refractivity contribution >= 4 is 23.0 Å². The second kappa shape index (κ2) is 11.5. The first-order valence-electron chi connectivity index (χ1n) is 14.1. The first-order valence-corrected chi connectivity index (χ1v) is 14.1. The molecule has 2 aromatic carbocycles. The van der Waals surface area contributed by atoms with Crippen molar-refractivity contribution in [1.82, 2.24) is 24.7 Å². The van der Waals surface area contributed by atoms with Gasteiger partial charge in [-0.2, -0.15) is 13.2 Å². The first kappa shape index (κ1) is 29.8. The van der Waals surface area contributed by atoms with E-state index in [0.29, 0.717) is 64.2 Å². The Labute approximate surface area is 241 Å². The lowest BCUT2D eigenvalue weighted by Crippen LogP contribution is -2.48. The number of benzene rings is 2. The number of fused-ring (bicyclic) bond motifs is 1. The second-order valence-corrected chi connectivity index (χ2v) is 12.0. The second-order valence-electron chi connectivity index (χ2n) is 12.0. The molecule has 3 aromatic rings. The molecule has 1 aromatic heterocycles. The molecule has 5 rings (SSSR count). The van der Waals surface area contributed by atoms with Crippen LogP contribution in [0.15, 0.2) is 36.4 Å². The maximum absolute atomic E-state index is 15.1. The number of carbonyl (C=O) groups excluding carboxylic acids is 2. The topological polar surface area (TPSA) is 81.8 Å². The van der Waals surface area contributed by atoms with Crippen LogP contribution >= 0.6 is 0 Å². The van der Waals surface area contributed by atoms with Crippen LogP contribution in [0.3, 0.4) is 0 Å². The van der Waals surface area contributed by atoms with Gasteiger partial charge in [-0.05, 0) is 74.9 Å². The van der Waals surface area contributed by atoms with Crippen LogP contribution in [0.1, 0.15) is 66.8 Å². The van der Waals surface area contributed by atoms with E-state index in [1.165, 1.54) is 18.2 Å². The van der Waals surface area contributed by atoms with Crippen LogP contribution in [-0.2, 0) is 17.5 Å². The van der Waals surface area contributed by atoms with Gasteiger partial charge in [0.15, 0.2) is 11.6 Å². The zero-order valence-corrected chi connectivity index (χ0v) is 23.9. The molecule has 2 aliphatic heterocycles. The summed E-state index contributed by atoms with van der Waals surface area (Å²) in [4.78, 5) is 38.2. The van der Waals surface area contributed by atoms with Crippen molar-refractivity contribution in [1.29, 1.82) is 0 Å². The molecule has 2 fully saturated rings. The zero-order valence-electron chi connectivity index (χ0n) is 23.9. The average molecular weight is 590 g/mol. The lowest BCUT2D eigenvalue weighted by Gasteiger charge is -2.34. The fourth-order valence-corrected chi connectivity index (χ4v) is 5.47. The number of piperazine rings is 1. The van der Waals surface area contributed by atoms with Crippen LogP contribution < -0.4 is 0 Å². The van der Waals surface area contributed by atoms with Crippen LogP contribution in [0.2, 0.25) is 0 Å². The number of piperidine rings is 1. The number of halogens is 4. The highest BCUT2D eigenvalue weighted by molar-refractivity contribution is 5.94. The van der Waals surface area contributed by atoms with Gasteiger partial charge in [0.25, 0.3) is 5.91 Å². The highest BCUT2D eigenvalue weighted by atomic mass is 19.4. The van der Waals surface area contributed by atoms with Gasteiger partial charge >= 0.3 is 12.3 Å². The molecule has 12 heteroatoms. The highest BCUT2D eigenvalue weighted by Crippen LogP contribution is 2.32. The van der Waals surface area contributed by atoms with Gasteiger partial charge < -0.3 is 19.5 Å². The van der Waals surface area contributed by atoms with Crippen LogP contribution in [-0.4, -0.2) is 81.5 Å². The molecule has 0 spiro atoms. The van der Waals surface area contributed by atoms with Gasteiger partial charge in [-0.1, -0.05) is 12.1 Å². The summed E-state index contributed by atoms with van der Waals surface area (Å²) in [6, 6.07) is 8.40. The molecule has 2 aliphatic rings. The van der Waals surface area contributed by atoms with E-state index in [2.05, 4.69) is 14.9 Å². The van der Waals surface area contributed by atoms with Gasteiger partial charge in [0.05, 0.1) is 11.1 Å². The molecular formula is C30H35F4N5O3. The van der Waals surface area contributed by atoms with Crippen LogP contribution in [0.5, 0.6) is 0 Å². The third kappa shape index (κ3) is 6.86. The molecule has 0 radical (unpaired) electrons. The number of nitrogens with zero attached hydrogens (tertiary/aromatic N) is 4. The number of likely N-dealkylation sites (tertiary alicyclic amines) is 1. The Morgan fingerprint density at radius 3 is 2.19 bits per heavy atom. The van der Waals surface area contributed by atoms with Crippen molar-refractivity contribution in [3.8, 4) is 0 Å². The van der Waals surface area contributed by atoms with E-state index in [1.54, 1.807) is 9.80 Å². The van der Waals surface area contributed by atoms with Crippen molar-refractivity contribution < 1.29 is 31.9 Å². The SMILES string of the molecule is CC(C)(C)OC(=O)N1CCC(c2cc(F)c3nc(C(=O)N4CCN(Cc5ccc(C(F)(F)F)cc5)CC4)[nH]c3c2)CC1. The van der Waals surface area contributed by atoms with E-state index in [9.17, 15) is 22.8 Å². The van der Waals surface area contributed by atoms with Crippen LogP contribution in [0.25, 0.3) is 11.0 Å². The Kier molecular flexibility index (Phi) is 8.19. The number of imidazole rings is 1. The minimum Gasteiger partial charge on any atom is -0.444 e. The Balaban J connectivity index is 1.18. The highest BCUT2D eigenvalue weighted by Gasteiger charge is 2.31. The summed E-state index contributed by atoms with van der Waals surface area (Å²) < 4.78 is 59.0. The minimum absolute atomic E-state index is 0.0581. The molecule has 0 unspecified atom stereocenters. The molecule has 0 saturated carbocycles. The fraction of sp³-hybridized carbons (Fsp3) is 0.500. The van der Waals surface area contributed by atoms with Crippen molar-refractivity contribution in [2.75, 3.05) is 39.3 Å². The molecule has 0 atom stereocenters. The summed E-state index contributed by atoms with van der Waals surface area (Å²) in [5.74, 6) is -0.708. The Morgan fingerprint density at radius 2 is 1.60 bits per heavy atom. The normalized spacial score (nSPS) is 17.6. The van der Waals surface area contributed by atoms with E-state index in [4.69, 9.17) is 4.74 Å². The smallest absolute Gasteiger partial charge is 0.416 e. The lowest BCUT2D eigenvalue weighted by molar-refractivity contribution is -0.137. The minimum atomic E-state index is -4.37. The molecule has 8 nitrogen and oxygen atoms in total. The summed E-state index contributed by atoms with van der Waals surface area (Å²) in [6.07, 6.45) is -3.38. The molecule has 1 N–H and O–H groups in total. The number of aromatic amines is 1. The van der Waals surface area contributed by atoms with Gasteiger partial charge in [0.1, 0.15) is 11.1 Å². The fourth-order valence-electron chi connectivity index (χ4n) is 5.47. The summed E-state index contributed by atoms with van der Waals surface area (Å²) in [7, 11) is 0. The number of nitrogens with one attached hydrogen (secondary N) is 1. The Morgan fingerprint density at radius 1 is 0.952 bits per heavy atom. The van der Waals surface area contributed by atoms with Gasteiger partial charge in [-0.3, -0.25) is 9.69 Å². The largest absolute Gasteiger partial charge is 0.444 e. The number of ether oxygens (including phenoxy) is 1. The van der Waals surface area contributed by atoms with Gasteiger partial charge in [0.2, 0.25) is 0 Å². The molecule has 2 amide bonds. The molecule has 3 heterocycles. The maximum atomic E-state index is 15.1. The van der Waals surface area contributed by atoms with Crippen molar-refractivity contribution in [3.05, 3.63) is 64.7 Å². The Hall–Kier alpha value is -3.67. The van der Waals surface area contributed by atoms with Gasteiger partial charge in [0, 0.05) is 45.8 Å². The van der Waals surface area contributed by atoms with E-state index >= 15 is 4.39 Å². The summed E-state index contributed by atoms with van der Waals surface area (Å²) in [6.45, 7) is 8.91. The molecule has 226 valence electrons. The molecule has 2 saturated heterocycles. The van der Waals surface area contributed by atoms with Crippen molar-refractivity contribution in [2.24, 2.45) is 0 Å². The van der Waals surface area contributed by atoms with Crippen molar-refractivity contribution in [3.63, 3.8) is 0 Å². The number of aromatic nitrogens is 2. The molecular weight excluding hydrogens is 554 g/mol. The zero-order chi connectivity index (χ0) is 30.2. The van der Waals surface area contributed by atoms with Gasteiger partial charge in [-0.25, -0.2) is 14.2 Å². The quantitative estimate of drug-likeness (QED) is 0.390. The van der Waals surface area contributed by atoms with Crippen LogP contribution in [0, 0.1) is 5.82 Å². The number of hydrogen-bond donors (Lipinski definition) is 1. The summed E-state index contributed by atoms with van der Waals surface area (Å²) in [5, 5.41) is 0. The molecule has 0 aliphatic carbocycles. The monoisotopic (exact) mass is 589 g/mol. The van der Waals surface area contributed by atoms with Crippen molar-refractivity contribution in [2.45, 2.75) is 57.9 Å². The van der Waals surface area contributed by atoms with E-state index in [0.717, 1.165) is 23.3 Å². The van der Waals surface area contributed by atoms with E-state index in [1.807, 2.05) is 26.8 Å². The predicted octanol–water partition coefficient (Wildman–Crippen LogP) is 5.79. The number of H-pyrrole nitrogens is 1. The third-order valence-corrected chi connectivity index (χ3v) is 7.73. The summed E-state index contributed by atoms with van der Waals surface area (Å²) >= 11 is 0. The number of rotatable bonds is 4. The Bertz CT molecular complexity index is 1430. The first-order chi connectivity index (χ1) is 19.8.